The Hall–Kier alpha value is -0.0200. The molecule has 0 saturated carbocycles. The first kappa shape index (κ1) is 13.0. The average Bonchev–Trinajstić information content (AvgIpc) is 2.22. The van der Waals surface area contributed by atoms with Crippen LogP contribution in [0.1, 0.15) is 26.7 Å². The minimum atomic E-state index is 0.764. The molecule has 0 fully saturated rings. The molecule has 0 aromatic heterocycles. The number of rotatable bonds is 5. The van der Waals surface area contributed by atoms with Crippen molar-refractivity contribution in [2.24, 2.45) is 5.92 Å². The highest BCUT2D eigenvalue weighted by Crippen LogP contribution is 2.26. The SMILES string of the molecule is CCC(CC)CNc1ccc(Br)cc1Br. The Bertz CT molecular complexity index is 308. The molecule has 0 radical (unpaired) electrons. The summed E-state index contributed by atoms with van der Waals surface area (Å²) in [4.78, 5) is 0. The number of nitrogens with one attached hydrogen (secondary N) is 1. The van der Waals surface area contributed by atoms with Crippen molar-refractivity contribution < 1.29 is 0 Å². The predicted molar refractivity (Wildman–Crippen MR) is 74.4 cm³/mol. The molecule has 84 valence electrons. The Morgan fingerprint density at radius 2 is 1.87 bits per heavy atom. The summed E-state index contributed by atoms with van der Waals surface area (Å²) >= 11 is 6.99. The lowest BCUT2D eigenvalue weighted by atomic mass is 10.0. The van der Waals surface area contributed by atoms with Crippen LogP contribution in [-0.2, 0) is 0 Å². The van der Waals surface area contributed by atoms with E-state index in [0.29, 0.717) is 0 Å². The molecule has 0 atom stereocenters. The molecule has 0 aliphatic rings. The Balaban J connectivity index is 2.57. The molecule has 0 aliphatic carbocycles. The summed E-state index contributed by atoms with van der Waals surface area (Å²) in [7, 11) is 0. The molecule has 1 N–H and O–H groups in total. The number of hydrogen-bond donors (Lipinski definition) is 1. The molecule has 0 amide bonds. The van der Waals surface area contributed by atoms with Crippen LogP contribution in [-0.4, -0.2) is 6.54 Å². The van der Waals surface area contributed by atoms with E-state index in [-0.39, 0.29) is 0 Å². The molecule has 0 spiro atoms. The van der Waals surface area contributed by atoms with Gasteiger partial charge in [0.1, 0.15) is 0 Å². The van der Waals surface area contributed by atoms with Crippen LogP contribution in [0.2, 0.25) is 0 Å². The third kappa shape index (κ3) is 4.15. The minimum Gasteiger partial charge on any atom is -0.384 e. The van der Waals surface area contributed by atoms with Gasteiger partial charge in [-0.2, -0.15) is 0 Å². The van der Waals surface area contributed by atoms with Gasteiger partial charge in [-0.1, -0.05) is 42.6 Å². The molecule has 0 unspecified atom stereocenters. The number of benzene rings is 1. The van der Waals surface area contributed by atoms with E-state index in [2.05, 4.69) is 69.2 Å². The Morgan fingerprint density at radius 3 is 2.40 bits per heavy atom. The highest BCUT2D eigenvalue weighted by Gasteiger charge is 2.04. The molecule has 0 heterocycles. The molecular weight excluding hydrogens is 318 g/mol. The van der Waals surface area contributed by atoms with Crippen LogP contribution in [0.15, 0.2) is 27.1 Å². The van der Waals surface area contributed by atoms with E-state index in [0.717, 1.165) is 21.4 Å². The van der Waals surface area contributed by atoms with Crippen molar-refractivity contribution in [3.8, 4) is 0 Å². The van der Waals surface area contributed by atoms with Crippen molar-refractivity contribution >= 4 is 37.5 Å². The maximum Gasteiger partial charge on any atom is 0.0485 e. The molecule has 0 bridgehead atoms. The molecule has 1 rings (SSSR count). The summed E-state index contributed by atoms with van der Waals surface area (Å²) in [6.07, 6.45) is 2.47. The van der Waals surface area contributed by atoms with E-state index < -0.39 is 0 Å². The molecule has 15 heavy (non-hydrogen) atoms. The van der Waals surface area contributed by atoms with Crippen molar-refractivity contribution in [3.05, 3.63) is 27.1 Å². The average molecular weight is 335 g/mol. The van der Waals surface area contributed by atoms with Crippen LogP contribution < -0.4 is 5.32 Å². The second kappa shape index (κ2) is 6.54. The van der Waals surface area contributed by atoms with Gasteiger partial charge >= 0.3 is 0 Å². The second-order valence-corrected chi connectivity index (χ2v) is 5.46. The Kier molecular flexibility index (Phi) is 5.69. The standard InChI is InChI=1S/C12H17Br2N/c1-3-9(4-2)8-15-12-6-5-10(13)7-11(12)14/h5-7,9,15H,3-4,8H2,1-2H3. The van der Waals surface area contributed by atoms with Crippen LogP contribution in [0.4, 0.5) is 5.69 Å². The molecule has 1 aromatic rings. The first-order chi connectivity index (χ1) is 7.17. The smallest absolute Gasteiger partial charge is 0.0485 e. The van der Waals surface area contributed by atoms with Crippen molar-refractivity contribution in [1.29, 1.82) is 0 Å². The minimum absolute atomic E-state index is 0.764. The van der Waals surface area contributed by atoms with Crippen molar-refractivity contribution in [2.45, 2.75) is 26.7 Å². The summed E-state index contributed by atoms with van der Waals surface area (Å²) in [6.45, 7) is 5.53. The van der Waals surface area contributed by atoms with Gasteiger partial charge < -0.3 is 5.32 Å². The topological polar surface area (TPSA) is 12.0 Å². The van der Waals surface area contributed by atoms with Gasteiger partial charge in [-0.05, 0) is 40.0 Å². The third-order valence-electron chi connectivity index (χ3n) is 2.67. The van der Waals surface area contributed by atoms with Crippen molar-refractivity contribution in [1.82, 2.24) is 0 Å². The zero-order valence-electron chi connectivity index (χ0n) is 9.19. The normalized spacial score (nSPS) is 10.7. The summed E-state index contributed by atoms with van der Waals surface area (Å²) in [6, 6.07) is 6.21. The van der Waals surface area contributed by atoms with E-state index in [4.69, 9.17) is 0 Å². The van der Waals surface area contributed by atoms with Gasteiger partial charge in [0.25, 0.3) is 0 Å². The van der Waals surface area contributed by atoms with Gasteiger partial charge in [0.15, 0.2) is 0 Å². The van der Waals surface area contributed by atoms with Gasteiger partial charge in [0.05, 0.1) is 0 Å². The molecule has 0 saturated heterocycles. The van der Waals surface area contributed by atoms with Crippen molar-refractivity contribution in [3.63, 3.8) is 0 Å². The van der Waals surface area contributed by atoms with Gasteiger partial charge in [-0.15, -0.1) is 0 Å². The van der Waals surface area contributed by atoms with E-state index in [1.807, 2.05) is 0 Å². The highest BCUT2D eigenvalue weighted by atomic mass is 79.9. The van der Waals surface area contributed by atoms with E-state index in [1.165, 1.54) is 18.5 Å². The number of anilines is 1. The van der Waals surface area contributed by atoms with Crippen LogP contribution >= 0.6 is 31.9 Å². The van der Waals surface area contributed by atoms with Crippen LogP contribution in [0.25, 0.3) is 0 Å². The fourth-order valence-electron chi connectivity index (χ4n) is 1.46. The van der Waals surface area contributed by atoms with E-state index >= 15 is 0 Å². The number of halogens is 2. The molecule has 3 heteroatoms. The zero-order valence-corrected chi connectivity index (χ0v) is 12.4. The van der Waals surface area contributed by atoms with Gasteiger partial charge in [-0.3, -0.25) is 0 Å². The lowest BCUT2D eigenvalue weighted by Gasteiger charge is -2.15. The van der Waals surface area contributed by atoms with E-state index in [9.17, 15) is 0 Å². The van der Waals surface area contributed by atoms with E-state index in [1.54, 1.807) is 0 Å². The summed E-state index contributed by atoms with van der Waals surface area (Å²) in [5.74, 6) is 0.764. The lowest BCUT2D eigenvalue weighted by Crippen LogP contribution is -2.12. The van der Waals surface area contributed by atoms with Crippen LogP contribution in [0.5, 0.6) is 0 Å². The fraction of sp³-hybridized carbons (Fsp3) is 0.500. The predicted octanol–water partition coefficient (Wildman–Crippen LogP) is 5.06. The lowest BCUT2D eigenvalue weighted by molar-refractivity contribution is 0.519. The van der Waals surface area contributed by atoms with Gasteiger partial charge in [0.2, 0.25) is 0 Å². The maximum absolute atomic E-state index is 3.55. The third-order valence-corrected chi connectivity index (χ3v) is 3.82. The van der Waals surface area contributed by atoms with Crippen molar-refractivity contribution in [2.75, 3.05) is 11.9 Å². The first-order valence-electron chi connectivity index (χ1n) is 5.36. The Morgan fingerprint density at radius 1 is 1.20 bits per heavy atom. The molecular formula is C12H17Br2N. The Labute approximate surface area is 109 Å². The fourth-order valence-corrected chi connectivity index (χ4v) is 2.65. The summed E-state index contributed by atoms with van der Waals surface area (Å²) in [5.41, 5.74) is 1.17. The second-order valence-electron chi connectivity index (χ2n) is 3.69. The van der Waals surface area contributed by atoms with Gasteiger partial charge in [-0.25, -0.2) is 0 Å². The first-order valence-corrected chi connectivity index (χ1v) is 6.94. The quantitative estimate of drug-likeness (QED) is 0.793. The molecule has 1 nitrogen and oxygen atoms in total. The summed E-state index contributed by atoms with van der Waals surface area (Å²) in [5, 5.41) is 3.47. The van der Waals surface area contributed by atoms with Crippen LogP contribution in [0.3, 0.4) is 0 Å². The van der Waals surface area contributed by atoms with Crippen LogP contribution in [0, 0.1) is 5.92 Å². The maximum atomic E-state index is 3.55. The molecule has 0 aliphatic heterocycles. The molecule has 1 aromatic carbocycles. The largest absolute Gasteiger partial charge is 0.384 e. The monoisotopic (exact) mass is 333 g/mol. The highest BCUT2D eigenvalue weighted by molar-refractivity contribution is 9.11. The summed E-state index contributed by atoms with van der Waals surface area (Å²) < 4.78 is 2.21. The number of hydrogen-bond acceptors (Lipinski definition) is 1. The zero-order chi connectivity index (χ0) is 11.3. The van der Waals surface area contributed by atoms with Gasteiger partial charge in [0, 0.05) is 21.2 Å².